The van der Waals surface area contributed by atoms with Crippen LogP contribution in [0.1, 0.15) is 122 Å². The number of amidine groups is 1. The van der Waals surface area contributed by atoms with Crippen LogP contribution in [0.25, 0.3) is 0 Å². The third-order valence-electron chi connectivity index (χ3n) is 5.62. The molecule has 1 heterocycles. The van der Waals surface area contributed by atoms with Crippen LogP contribution < -0.4 is 5.32 Å². The molecule has 154 valence electrons. The molecule has 2 N–H and O–H groups in total. The van der Waals surface area contributed by atoms with Crippen LogP contribution >= 0.6 is 0 Å². The fourth-order valence-electron chi connectivity index (χ4n) is 3.86. The van der Waals surface area contributed by atoms with E-state index in [0.29, 0.717) is 6.04 Å². The standard InChI is InChI=1S/C23H46N2O/c1-2-3-4-5-6-7-8-9-10-11-12-13-14-15-16-17-18-23-24-21-22(25-23)19-20-26/h22,26H,2-21H2,1H3,(H,24,25). The Morgan fingerprint density at radius 2 is 1.23 bits per heavy atom. The van der Waals surface area contributed by atoms with Crippen LogP contribution in [0.3, 0.4) is 0 Å². The normalized spacial score (nSPS) is 16.7. The van der Waals surface area contributed by atoms with Crippen molar-refractivity contribution in [1.82, 2.24) is 5.32 Å². The van der Waals surface area contributed by atoms with Crippen molar-refractivity contribution in [3.05, 3.63) is 0 Å². The molecule has 1 atom stereocenters. The Kier molecular flexibility index (Phi) is 16.1. The Hall–Kier alpha value is -0.570. The largest absolute Gasteiger partial charge is 0.396 e. The summed E-state index contributed by atoms with van der Waals surface area (Å²) in [5.41, 5.74) is 0. The maximum Gasteiger partial charge on any atom is 0.0966 e. The second-order valence-corrected chi connectivity index (χ2v) is 8.19. The van der Waals surface area contributed by atoms with Gasteiger partial charge in [-0.05, 0) is 12.8 Å². The predicted molar refractivity (Wildman–Crippen MR) is 115 cm³/mol. The summed E-state index contributed by atoms with van der Waals surface area (Å²) in [6.07, 6.45) is 24.6. The van der Waals surface area contributed by atoms with Crippen LogP contribution in [0.4, 0.5) is 0 Å². The van der Waals surface area contributed by atoms with E-state index in [1.165, 1.54) is 109 Å². The Morgan fingerprint density at radius 1 is 0.769 bits per heavy atom. The van der Waals surface area contributed by atoms with Crippen molar-refractivity contribution in [1.29, 1.82) is 0 Å². The Morgan fingerprint density at radius 3 is 1.69 bits per heavy atom. The van der Waals surface area contributed by atoms with Gasteiger partial charge in [0.2, 0.25) is 0 Å². The highest BCUT2D eigenvalue weighted by Crippen LogP contribution is 2.14. The van der Waals surface area contributed by atoms with Gasteiger partial charge in [-0.2, -0.15) is 0 Å². The van der Waals surface area contributed by atoms with E-state index in [4.69, 9.17) is 5.11 Å². The summed E-state index contributed by atoms with van der Waals surface area (Å²) in [7, 11) is 0. The molecule has 0 fully saturated rings. The van der Waals surface area contributed by atoms with Gasteiger partial charge in [0.15, 0.2) is 0 Å². The molecule has 0 bridgehead atoms. The lowest BCUT2D eigenvalue weighted by atomic mass is 10.0. The molecule has 1 rings (SSSR count). The minimum atomic E-state index is 0.263. The molecule has 1 aliphatic heterocycles. The Bertz CT molecular complexity index is 330. The average Bonchev–Trinajstić information content (AvgIpc) is 3.09. The first kappa shape index (κ1) is 23.5. The van der Waals surface area contributed by atoms with Crippen molar-refractivity contribution >= 4 is 5.84 Å². The molecule has 1 aliphatic rings. The van der Waals surface area contributed by atoms with Crippen molar-refractivity contribution in [3.8, 4) is 0 Å². The van der Waals surface area contributed by atoms with E-state index < -0.39 is 0 Å². The number of aliphatic hydroxyl groups excluding tert-OH is 1. The van der Waals surface area contributed by atoms with Gasteiger partial charge < -0.3 is 10.4 Å². The molecule has 3 nitrogen and oxygen atoms in total. The molecule has 1 unspecified atom stereocenters. The SMILES string of the molecule is CCCCCCCCCCCCCCCCCCC1=NCC(CCO)N1. The highest BCUT2D eigenvalue weighted by atomic mass is 16.3. The zero-order valence-corrected chi connectivity index (χ0v) is 17.6. The predicted octanol–water partition coefficient (Wildman–Crippen LogP) is 6.39. The van der Waals surface area contributed by atoms with Gasteiger partial charge in [-0.3, -0.25) is 4.99 Å². The summed E-state index contributed by atoms with van der Waals surface area (Å²) in [5.74, 6) is 1.17. The summed E-state index contributed by atoms with van der Waals surface area (Å²) in [5, 5.41) is 12.4. The molecular weight excluding hydrogens is 320 g/mol. The van der Waals surface area contributed by atoms with Crippen LogP contribution in [0.15, 0.2) is 4.99 Å². The van der Waals surface area contributed by atoms with Crippen molar-refractivity contribution in [2.24, 2.45) is 4.99 Å². The van der Waals surface area contributed by atoms with E-state index in [-0.39, 0.29) is 6.61 Å². The third kappa shape index (κ3) is 13.6. The van der Waals surface area contributed by atoms with Gasteiger partial charge >= 0.3 is 0 Å². The van der Waals surface area contributed by atoms with Crippen molar-refractivity contribution in [3.63, 3.8) is 0 Å². The minimum absolute atomic E-state index is 0.263. The molecule has 26 heavy (non-hydrogen) atoms. The summed E-state index contributed by atoms with van der Waals surface area (Å²) in [4.78, 5) is 4.54. The van der Waals surface area contributed by atoms with Crippen LogP contribution in [-0.4, -0.2) is 30.1 Å². The van der Waals surface area contributed by atoms with Crippen LogP contribution in [0.2, 0.25) is 0 Å². The molecule has 0 saturated carbocycles. The van der Waals surface area contributed by atoms with Gasteiger partial charge in [-0.15, -0.1) is 0 Å². The van der Waals surface area contributed by atoms with E-state index in [1.54, 1.807) is 0 Å². The lowest BCUT2D eigenvalue weighted by Gasteiger charge is -2.09. The zero-order chi connectivity index (χ0) is 18.7. The molecule has 0 saturated heterocycles. The maximum absolute atomic E-state index is 8.95. The van der Waals surface area contributed by atoms with Crippen molar-refractivity contribution in [2.45, 2.75) is 129 Å². The Labute approximate surface area is 163 Å². The minimum Gasteiger partial charge on any atom is -0.396 e. The van der Waals surface area contributed by atoms with E-state index >= 15 is 0 Å². The molecule has 0 amide bonds. The van der Waals surface area contributed by atoms with Gasteiger partial charge in [0.1, 0.15) is 0 Å². The van der Waals surface area contributed by atoms with Crippen LogP contribution in [-0.2, 0) is 0 Å². The van der Waals surface area contributed by atoms with Gasteiger partial charge in [0, 0.05) is 19.1 Å². The second-order valence-electron chi connectivity index (χ2n) is 8.19. The van der Waals surface area contributed by atoms with Gasteiger partial charge in [-0.25, -0.2) is 0 Å². The van der Waals surface area contributed by atoms with Gasteiger partial charge in [-0.1, -0.05) is 103 Å². The molecule has 0 radical (unpaired) electrons. The summed E-state index contributed by atoms with van der Waals surface area (Å²) in [6, 6.07) is 0.385. The summed E-state index contributed by atoms with van der Waals surface area (Å²) in [6.45, 7) is 3.41. The maximum atomic E-state index is 8.95. The van der Waals surface area contributed by atoms with Crippen molar-refractivity contribution in [2.75, 3.05) is 13.2 Å². The average molecular weight is 367 g/mol. The molecule has 0 aliphatic carbocycles. The number of nitrogens with zero attached hydrogens (tertiary/aromatic N) is 1. The zero-order valence-electron chi connectivity index (χ0n) is 17.6. The number of aliphatic imine (C=N–C) groups is 1. The van der Waals surface area contributed by atoms with Crippen LogP contribution in [0.5, 0.6) is 0 Å². The molecule has 0 aromatic carbocycles. The van der Waals surface area contributed by atoms with Crippen LogP contribution in [0, 0.1) is 0 Å². The first-order valence-corrected chi connectivity index (χ1v) is 11.8. The molecule has 0 aromatic heterocycles. The Balaban J connectivity index is 1.71. The molecular formula is C23H46N2O. The van der Waals surface area contributed by atoms with Crippen molar-refractivity contribution < 1.29 is 5.11 Å². The van der Waals surface area contributed by atoms with E-state index in [0.717, 1.165) is 19.4 Å². The lowest BCUT2D eigenvalue weighted by molar-refractivity contribution is 0.274. The first-order valence-electron chi connectivity index (χ1n) is 11.8. The lowest BCUT2D eigenvalue weighted by Crippen LogP contribution is -2.30. The first-order chi connectivity index (χ1) is 12.9. The number of nitrogens with one attached hydrogen (secondary N) is 1. The van der Waals surface area contributed by atoms with E-state index in [1.807, 2.05) is 0 Å². The fourth-order valence-corrected chi connectivity index (χ4v) is 3.86. The number of hydrogen-bond donors (Lipinski definition) is 2. The third-order valence-corrected chi connectivity index (χ3v) is 5.62. The number of rotatable bonds is 19. The van der Waals surface area contributed by atoms with E-state index in [9.17, 15) is 0 Å². The highest BCUT2D eigenvalue weighted by Gasteiger charge is 2.15. The quantitative estimate of drug-likeness (QED) is 0.260. The second kappa shape index (κ2) is 17.8. The number of aliphatic hydroxyl groups is 1. The van der Waals surface area contributed by atoms with E-state index in [2.05, 4.69) is 17.2 Å². The monoisotopic (exact) mass is 366 g/mol. The summed E-state index contributed by atoms with van der Waals surface area (Å²) >= 11 is 0. The van der Waals surface area contributed by atoms with Gasteiger partial charge in [0.05, 0.1) is 12.4 Å². The highest BCUT2D eigenvalue weighted by molar-refractivity contribution is 5.83. The smallest absolute Gasteiger partial charge is 0.0966 e. The molecule has 0 spiro atoms. The number of hydrogen-bond acceptors (Lipinski definition) is 3. The molecule has 3 heteroatoms. The van der Waals surface area contributed by atoms with Gasteiger partial charge in [0.25, 0.3) is 0 Å². The summed E-state index contributed by atoms with van der Waals surface area (Å²) < 4.78 is 0. The fraction of sp³-hybridized carbons (Fsp3) is 0.957. The topological polar surface area (TPSA) is 44.6 Å². The molecule has 0 aromatic rings. The number of unbranched alkanes of at least 4 members (excludes halogenated alkanes) is 15.